The van der Waals surface area contributed by atoms with Gasteiger partial charge >= 0.3 is 5.97 Å². The van der Waals surface area contributed by atoms with E-state index >= 15 is 0 Å². The van der Waals surface area contributed by atoms with Gasteiger partial charge in [0.1, 0.15) is 10.6 Å². The number of carboxylic acid groups (broad SMARTS) is 1. The van der Waals surface area contributed by atoms with Crippen molar-refractivity contribution in [2.75, 3.05) is 18.0 Å². The molecular weight excluding hydrogens is 382 g/mol. The van der Waals surface area contributed by atoms with E-state index in [1.807, 2.05) is 0 Å². The molecule has 1 atom stereocenters. The van der Waals surface area contributed by atoms with E-state index in [1.54, 1.807) is 0 Å². The number of halogens is 1. The van der Waals surface area contributed by atoms with Gasteiger partial charge in [0.05, 0.1) is 11.3 Å². The van der Waals surface area contributed by atoms with Gasteiger partial charge in [0, 0.05) is 24.0 Å². The minimum absolute atomic E-state index is 0.198. The summed E-state index contributed by atoms with van der Waals surface area (Å²) in [6, 6.07) is 6.40. The molecule has 3 aromatic rings. The number of aliphatic carboxylic acids is 1. The number of anilines is 1. The van der Waals surface area contributed by atoms with Crippen LogP contribution in [-0.2, 0) is 4.79 Å². The summed E-state index contributed by atoms with van der Waals surface area (Å²) in [6.07, 6.45) is 1.52. The number of hydrogen-bond acceptors (Lipinski definition) is 5. The molecule has 1 aliphatic heterocycles. The molecule has 1 unspecified atom stereocenters. The van der Waals surface area contributed by atoms with E-state index in [0.29, 0.717) is 13.0 Å². The Morgan fingerprint density at radius 1 is 1.30 bits per heavy atom. The predicted octanol–water partition coefficient (Wildman–Crippen LogP) is 4.93. The maximum Gasteiger partial charge on any atom is 0.308 e. The normalized spacial score (nSPS) is 17.4. The number of aromatic nitrogens is 2. The number of aryl methyl sites for hydroxylation is 2. The van der Waals surface area contributed by atoms with E-state index < -0.39 is 5.97 Å². The van der Waals surface area contributed by atoms with Gasteiger partial charge in [0.15, 0.2) is 0 Å². The second kappa shape index (κ2) is 7.09. The van der Waals surface area contributed by atoms with Crippen LogP contribution in [0.25, 0.3) is 21.3 Å². The largest absolute Gasteiger partial charge is 0.481 e. The lowest BCUT2D eigenvalue weighted by atomic mass is 9.97. The Morgan fingerprint density at radius 3 is 2.85 bits per heavy atom. The van der Waals surface area contributed by atoms with Crippen molar-refractivity contribution in [3.8, 4) is 11.1 Å². The van der Waals surface area contributed by atoms with Crippen molar-refractivity contribution in [1.82, 2.24) is 9.97 Å². The number of carboxylic acids is 1. The SMILES string of the molecule is Cc1ccc(-c2csc3nc(Cl)nc(N4CCCC(C(=O)O)C4)c23)cc1C. The molecule has 1 N–H and O–H groups in total. The summed E-state index contributed by atoms with van der Waals surface area (Å²) >= 11 is 7.72. The van der Waals surface area contributed by atoms with Gasteiger partial charge in [0.25, 0.3) is 0 Å². The van der Waals surface area contributed by atoms with Gasteiger partial charge in [-0.3, -0.25) is 4.79 Å². The Kier molecular flexibility index (Phi) is 4.78. The third-order valence-electron chi connectivity index (χ3n) is 5.28. The first-order valence-corrected chi connectivity index (χ1v) is 10.2. The van der Waals surface area contributed by atoms with Gasteiger partial charge in [0.2, 0.25) is 5.28 Å². The fourth-order valence-electron chi connectivity index (χ4n) is 3.62. The molecule has 1 aliphatic rings. The van der Waals surface area contributed by atoms with Crippen LogP contribution in [0.4, 0.5) is 5.82 Å². The van der Waals surface area contributed by atoms with Crippen molar-refractivity contribution >= 4 is 44.9 Å². The van der Waals surface area contributed by atoms with Crippen molar-refractivity contribution in [3.05, 3.63) is 40.0 Å². The number of fused-ring (bicyclic) bond motifs is 1. The average Bonchev–Trinajstić information content (AvgIpc) is 3.07. The first-order valence-electron chi connectivity index (χ1n) is 8.94. The van der Waals surface area contributed by atoms with Crippen LogP contribution in [0.1, 0.15) is 24.0 Å². The second-order valence-corrected chi connectivity index (χ2v) is 8.26. The van der Waals surface area contributed by atoms with E-state index in [2.05, 4.69) is 52.3 Å². The zero-order valence-electron chi connectivity index (χ0n) is 15.2. The maximum atomic E-state index is 11.5. The highest BCUT2D eigenvalue weighted by Crippen LogP contribution is 2.40. The molecule has 0 amide bonds. The van der Waals surface area contributed by atoms with Crippen molar-refractivity contribution < 1.29 is 9.90 Å². The van der Waals surface area contributed by atoms with Crippen LogP contribution >= 0.6 is 22.9 Å². The van der Waals surface area contributed by atoms with Crippen molar-refractivity contribution in [2.45, 2.75) is 26.7 Å². The summed E-state index contributed by atoms with van der Waals surface area (Å²) in [7, 11) is 0. The summed E-state index contributed by atoms with van der Waals surface area (Å²) in [5.41, 5.74) is 4.66. The van der Waals surface area contributed by atoms with Crippen LogP contribution in [-0.4, -0.2) is 34.1 Å². The lowest BCUT2D eigenvalue weighted by Crippen LogP contribution is -2.39. The molecular formula is C20H20ClN3O2S. The van der Waals surface area contributed by atoms with Gasteiger partial charge in [-0.15, -0.1) is 11.3 Å². The molecule has 0 bridgehead atoms. The molecule has 0 saturated carbocycles. The number of benzene rings is 1. The summed E-state index contributed by atoms with van der Waals surface area (Å²) in [5, 5.41) is 12.7. The highest BCUT2D eigenvalue weighted by molar-refractivity contribution is 7.17. The fraction of sp³-hybridized carbons (Fsp3) is 0.350. The molecule has 7 heteroatoms. The molecule has 0 aliphatic carbocycles. The molecule has 140 valence electrons. The molecule has 1 fully saturated rings. The summed E-state index contributed by atoms with van der Waals surface area (Å²) in [4.78, 5) is 23.3. The quantitative estimate of drug-likeness (QED) is 0.630. The Morgan fingerprint density at radius 2 is 2.11 bits per heavy atom. The summed E-state index contributed by atoms with van der Waals surface area (Å²) < 4.78 is 0. The van der Waals surface area contributed by atoms with Gasteiger partial charge in [-0.25, -0.2) is 4.98 Å². The molecule has 27 heavy (non-hydrogen) atoms. The second-order valence-electron chi connectivity index (χ2n) is 7.07. The standard InChI is InChI=1S/C20H20ClN3O2S/c1-11-5-6-13(8-12(11)2)15-10-27-18-16(15)17(22-20(21)23-18)24-7-3-4-14(9-24)19(25)26/h5-6,8,10,14H,3-4,7,9H2,1-2H3,(H,25,26). The number of piperidine rings is 1. The number of hydrogen-bond donors (Lipinski definition) is 1. The molecule has 2 aromatic heterocycles. The van der Waals surface area contributed by atoms with E-state index in [1.165, 1.54) is 22.5 Å². The Balaban J connectivity index is 1.86. The van der Waals surface area contributed by atoms with Gasteiger partial charge in [-0.1, -0.05) is 18.2 Å². The molecule has 1 saturated heterocycles. The topological polar surface area (TPSA) is 66.3 Å². The van der Waals surface area contributed by atoms with E-state index in [0.717, 1.165) is 40.1 Å². The third-order valence-corrected chi connectivity index (χ3v) is 6.32. The number of rotatable bonds is 3. The summed E-state index contributed by atoms with van der Waals surface area (Å²) in [5.74, 6) is -0.396. The maximum absolute atomic E-state index is 11.5. The van der Waals surface area contributed by atoms with Crippen LogP contribution in [0.2, 0.25) is 5.28 Å². The monoisotopic (exact) mass is 401 g/mol. The van der Waals surface area contributed by atoms with Crippen molar-refractivity contribution in [2.24, 2.45) is 5.92 Å². The van der Waals surface area contributed by atoms with Crippen LogP contribution in [0.3, 0.4) is 0 Å². The smallest absolute Gasteiger partial charge is 0.308 e. The fourth-order valence-corrected chi connectivity index (χ4v) is 4.78. The average molecular weight is 402 g/mol. The number of thiophene rings is 1. The first-order chi connectivity index (χ1) is 12.9. The van der Waals surface area contributed by atoms with Crippen LogP contribution in [0.15, 0.2) is 23.6 Å². The molecule has 0 radical (unpaired) electrons. The Labute approximate surface area is 166 Å². The lowest BCUT2D eigenvalue weighted by Gasteiger charge is -2.32. The first kappa shape index (κ1) is 18.2. The van der Waals surface area contributed by atoms with Gasteiger partial charge in [-0.2, -0.15) is 4.98 Å². The highest BCUT2D eigenvalue weighted by atomic mass is 35.5. The lowest BCUT2D eigenvalue weighted by molar-refractivity contribution is -0.141. The predicted molar refractivity (Wildman–Crippen MR) is 110 cm³/mol. The minimum atomic E-state index is -0.754. The van der Waals surface area contributed by atoms with Gasteiger partial charge in [-0.05, 0) is 55.0 Å². The van der Waals surface area contributed by atoms with Crippen LogP contribution in [0.5, 0.6) is 0 Å². The number of nitrogens with zero attached hydrogens (tertiary/aromatic N) is 3. The molecule has 5 nitrogen and oxygen atoms in total. The van der Waals surface area contributed by atoms with Gasteiger partial charge < -0.3 is 10.0 Å². The minimum Gasteiger partial charge on any atom is -0.481 e. The number of carbonyl (C=O) groups is 1. The van der Waals surface area contributed by atoms with E-state index in [-0.39, 0.29) is 11.2 Å². The molecule has 0 spiro atoms. The van der Waals surface area contributed by atoms with Crippen molar-refractivity contribution in [3.63, 3.8) is 0 Å². The van der Waals surface area contributed by atoms with E-state index in [4.69, 9.17) is 11.6 Å². The van der Waals surface area contributed by atoms with E-state index in [9.17, 15) is 9.90 Å². The Hall–Kier alpha value is -2.18. The van der Waals surface area contributed by atoms with Crippen LogP contribution < -0.4 is 4.90 Å². The third kappa shape index (κ3) is 3.39. The molecule has 4 rings (SSSR count). The zero-order valence-corrected chi connectivity index (χ0v) is 16.8. The van der Waals surface area contributed by atoms with Crippen molar-refractivity contribution in [1.29, 1.82) is 0 Å². The molecule has 1 aromatic carbocycles. The highest BCUT2D eigenvalue weighted by Gasteiger charge is 2.28. The van der Waals surface area contributed by atoms with Crippen LogP contribution in [0, 0.1) is 19.8 Å². The molecule has 3 heterocycles. The zero-order chi connectivity index (χ0) is 19.1. The summed E-state index contributed by atoms with van der Waals surface area (Å²) in [6.45, 7) is 5.41. The Bertz CT molecular complexity index is 1030.